The van der Waals surface area contributed by atoms with E-state index >= 15 is 0 Å². The van der Waals surface area contributed by atoms with E-state index in [2.05, 4.69) is 26.3 Å². The summed E-state index contributed by atoms with van der Waals surface area (Å²) in [6.07, 6.45) is 2.33. The van der Waals surface area contributed by atoms with Crippen molar-refractivity contribution in [1.82, 2.24) is 9.66 Å². The molecule has 1 heterocycles. The lowest BCUT2D eigenvalue weighted by atomic mass is 10.0. The quantitative estimate of drug-likeness (QED) is 0.197. The Kier molecular flexibility index (Phi) is 8.02. The molecule has 202 valence electrons. The maximum absolute atomic E-state index is 14.0. The molecule has 0 aliphatic rings. The Morgan fingerprint density at radius 1 is 1.10 bits per heavy atom. The number of amides is 1. The second-order valence-electron chi connectivity index (χ2n) is 9.32. The Morgan fingerprint density at radius 3 is 2.67 bits per heavy atom. The summed E-state index contributed by atoms with van der Waals surface area (Å²) in [6.45, 7) is 3.68. The minimum absolute atomic E-state index is 0.0248. The molecule has 0 fully saturated rings. The zero-order chi connectivity index (χ0) is 28.2. The Labute approximate surface area is 238 Å². The Morgan fingerprint density at radius 2 is 1.88 bits per heavy atom. The van der Waals surface area contributed by atoms with Crippen LogP contribution < -0.4 is 15.6 Å². The molecular weight excluding hydrogens is 575 g/mol. The first-order valence-corrected chi connectivity index (χ1v) is 13.6. The smallest absolute Gasteiger partial charge is 0.282 e. The van der Waals surface area contributed by atoms with Crippen LogP contribution in [0.25, 0.3) is 21.7 Å². The minimum Gasteiger partial charge on any atom is -0.483 e. The number of anilines is 1. The summed E-state index contributed by atoms with van der Waals surface area (Å²) in [4.78, 5) is 30.9. The maximum atomic E-state index is 14.0. The number of aromatic nitrogens is 2. The third kappa shape index (κ3) is 5.65. The molecule has 40 heavy (non-hydrogen) atoms. The number of rotatable bonds is 8. The molecule has 0 saturated heterocycles. The van der Waals surface area contributed by atoms with E-state index in [4.69, 9.17) is 9.72 Å². The molecule has 7 nitrogen and oxygen atoms in total. The second-order valence-corrected chi connectivity index (χ2v) is 10.2. The number of benzene rings is 4. The van der Waals surface area contributed by atoms with Gasteiger partial charge in [0.15, 0.2) is 6.61 Å². The number of hydrogen-bond acceptors (Lipinski definition) is 5. The highest BCUT2D eigenvalue weighted by Crippen LogP contribution is 2.27. The predicted octanol–water partition coefficient (Wildman–Crippen LogP) is 6.86. The van der Waals surface area contributed by atoms with Gasteiger partial charge in [-0.2, -0.15) is 9.78 Å². The van der Waals surface area contributed by atoms with Gasteiger partial charge in [-0.3, -0.25) is 9.59 Å². The summed E-state index contributed by atoms with van der Waals surface area (Å²) in [6, 6.07) is 22.6. The van der Waals surface area contributed by atoms with Crippen LogP contribution >= 0.6 is 15.9 Å². The molecule has 0 saturated carbocycles. The molecule has 4 aromatic carbocycles. The van der Waals surface area contributed by atoms with Gasteiger partial charge in [0.05, 0.1) is 22.8 Å². The van der Waals surface area contributed by atoms with E-state index in [1.165, 1.54) is 16.8 Å². The van der Waals surface area contributed by atoms with Crippen LogP contribution in [0.5, 0.6) is 5.75 Å². The first-order chi connectivity index (χ1) is 19.4. The van der Waals surface area contributed by atoms with Gasteiger partial charge in [0.2, 0.25) is 0 Å². The molecule has 1 amide bonds. The van der Waals surface area contributed by atoms with Crippen molar-refractivity contribution in [3.05, 3.63) is 111 Å². The van der Waals surface area contributed by atoms with Gasteiger partial charge in [-0.25, -0.2) is 9.37 Å². The highest BCUT2D eigenvalue weighted by atomic mass is 79.9. The SMILES string of the molecule is CC[C@H](C)c1nc2ccc(Br)cc2c(=O)n1N=Cc1c(OCC(=O)Nc2ccccc2F)ccc2ccccc12. The molecule has 0 spiro atoms. The zero-order valence-corrected chi connectivity index (χ0v) is 23.5. The Hall–Kier alpha value is -4.37. The molecule has 0 aliphatic heterocycles. The Bertz CT molecular complexity index is 1820. The average molecular weight is 601 g/mol. The van der Waals surface area contributed by atoms with Crippen LogP contribution in [0.15, 0.2) is 93.2 Å². The van der Waals surface area contributed by atoms with Crippen molar-refractivity contribution < 1.29 is 13.9 Å². The number of nitrogens with one attached hydrogen (secondary N) is 1. The van der Waals surface area contributed by atoms with Gasteiger partial charge >= 0.3 is 0 Å². The third-order valence-electron chi connectivity index (χ3n) is 6.63. The topological polar surface area (TPSA) is 85.6 Å². The minimum atomic E-state index is -0.534. The summed E-state index contributed by atoms with van der Waals surface area (Å²) >= 11 is 3.43. The molecule has 9 heteroatoms. The van der Waals surface area contributed by atoms with E-state index in [-0.39, 0.29) is 23.8 Å². The summed E-state index contributed by atoms with van der Waals surface area (Å²) in [5, 5.41) is 9.34. The summed E-state index contributed by atoms with van der Waals surface area (Å²) in [5.74, 6) is -0.136. The number of fused-ring (bicyclic) bond motifs is 2. The number of halogens is 2. The van der Waals surface area contributed by atoms with Gasteiger partial charge in [-0.15, -0.1) is 0 Å². The standard InChI is InChI=1S/C31H26BrFN4O3/c1-3-19(2)30-36-26-14-13-21(32)16-23(26)31(39)37(30)34-17-24-22-9-5-4-8-20(22)12-15-28(24)40-18-29(38)35-27-11-7-6-10-25(27)33/h4-17,19H,3,18H2,1-2H3,(H,35,38)/t19-/m0/s1. The summed E-state index contributed by atoms with van der Waals surface area (Å²) < 4.78 is 22.0. The third-order valence-corrected chi connectivity index (χ3v) is 7.12. The maximum Gasteiger partial charge on any atom is 0.282 e. The lowest BCUT2D eigenvalue weighted by Gasteiger charge is -2.15. The number of para-hydroxylation sites is 1. The van der Waals surface area contributed by atoms with E-state index in [1.807, 2.05) is 56.3 Å². The van der Waals surface area contributed by atoms with Crippen LogP contribution in [0.3, 0.4) is 0 Å². The van der Waals surface area contributed by atoms with E-state index in [9.17, 15) is 14.0 Å². The highest BCUT2D eigenvalue weighted by molar-refractivity contribution is 9.10. The van der Waals surface area contributed by atoms with Crippen molar-refractivity contribution in [2.24, 2.45) is 5.10 Å². The highest BCUT2D eigenvalue weighted by Gasteiger charge is 2.17. The van der Waals surface area contributed by atoms with Gasteiger partial charge in [0, 0.05) is 16.0 Å². The Balaban J connectivity index is 1.54. The van der Waals surface area contributed by atoms with Crippen molar-refractivity contribution in [2.75, 3.05) is 11.9 Å². The van der Waals surface area contributed by atoms with Crippen LogP contribution in [0.4, 0.5) is 10.1 Å². The van der Waals surface area contributed by atoms with E-state index in [0.29, 0.717) is 28.0 Å². The van der Waals surface area contributed by atoms with Crippen molar-refractivity contribution in [2.45, 2.75) is 26.2 Å². The molecule has 5 aromatic rings. The van der Waals surface area contributed by atoms with Crippen LogP contribution in [0.2, 0.25) is 0 Å². The summed E-state index contributed by atoms with van der Waals surface area (Å²) in [7, 11) is 0. The molecule has 0 radical (unpaired) electrons. The molecular formula is C31H26BrFN4O3. The van der Waals surface area contributed by atoms with Gasteiger partial charge in [0.25, 0.3) is 11.5 Å². The van der Waals surface area contributed by atoms with E-state index < -0.39 is 11.7 Å². The van der Waals surface area contributed by atoms with Crippen LogP contribution in [-0.4, -0.2) is 28.4 Å². The van der Waals surface area contributed by atoms with Gasteiger partial charge < -0.3 is 10.1 Å². The molecule has 0 unspecified atom stereocenters. The van der Waals surface area contributed by atoms with Crippen molar-refractivity contribution in [1.29, 1.82) is 0 Å². The lowest BCUT2D eigenvalue weighted by Crippen LogP contribution is -2.24. The largest absolute Gasteiger partial charge is 0.483 e. The van der Waals surface area contributed by atoms with Crippen LogP contribution in [0, 0.1) is 5.82 Å². The average Bonchev–Trinajstić information content (AvgIpc) is 2.96. The fourth-order valence-electron chi connectivity index (χ4n) is 4.32. The number of hydrogen-bond donors (Lipinski definition) is 1. The van der Waals surface area contributed by atoms with E-state index in [0.717, 1.165) is 21.7 Å². The van der Waals surface area contributed by atoms with Gasteiger partial charge in [-0.05, 0) is 53.6 Å². The van der Waals surface area contributed by atoms with Crippen LogP contribution in [0.1, 0.15) is 37.6 Å². The normalized spacial score (nSPS) is 12.2. The fourth-order valence-corrected chi connectivity index (χ4v) is 4.68. The monoisotopic (exact) mass is 600 g/mol. The second kappa shape index (κ2) is 11.8. The number of carbonyl (C=O) groups excluding carboxylic acids is 1. The first-order valence-electron chi connectivity index (χ1n) is 12.8. The number of nitrogens with zero attached hydrogens (tertiary/aromatic N) is 3. The first kappa shape index (κ1) is 27.2. The van der Waals surface area contributed by atoms with Gasteiger partial charge in [0.1, 0.15) is 17.4 Å². The van der Waals surface area contributed by atoms with Crippen molar-refractivity contribution in [3.63, 3.8) is 0 Å². The fraction of sp³-hybridized carbons (Fsp3) is 0.161. The van der Waals surface area contributed by atoms with Crippen molar-refractivity contribution in [3.8, 4) is 5.75 Å². The molecule has 1 N–H and O–H groups in total. The van der Waals surface area contributed by atoms with E-state index in [1.54, 1.807) is 30.5 Å². The molecule has 1 atom stereocenters. The van der Waals surface area contributed by atoms with Gasteiger partial charge in [-0.1, -0.05) is 72.2 Å². The van der Waals surface area contributed by atoms with Crippen molar-refractivity contribution >= 4 is 55.4 Å². The zero-order valence-electron chi connectivity index (χ0n) is 21.9. The summed E-state index contributed by atoms with van der Waals surface area (Å²) in [5.41, 5.74) is 0.978. The molecule has 0 bridgehead atoms. The molecule has 1 aromatic heterocycles. The lowest BCUT2D eigenvalue weighted by molar-refractivity contribution is -0.118. The number of carbonyl (C=O) groups is 1. The molecule has 5 rings (SSSR count). The number of ether oxygens (including phenoxy) is 1. The molecule has 0 aliphatic carbocycles. The van der Waals surface area contributed by atoms with Crippen LogP contribution in [-0.2, 0) is 4.79 Å². The predicted molar refractivity (Wildman–Crippen MR) is 160 cm³/mol.